The standard InChI is InChI=1S/C20H21N5O2/c1-13-18(23-12-22-13)14-5-7-25(8-6-14)19-17(10-21-11-24-19)15-3-2-4-16(9-15)20(26)27/h2-4,9-12,14H,5-8H2,1H3,(H,22,23)(H,26,27). The van der Waals surface area contributed by atoms with Crippen LogP contribution in [-0.4, -0.2) is 44.1 Å². The van der Waals surface area contributed by atoms with Crippen LogP contribution in [0.4, 0.5) is 5.82 Å². The van der Waals surface area contributed by atoms with Gasteiger partial charge < -0.3 is 15.0 Å². The van der Waals surface area contributed by atoms with Gasteiger partial charge in [0.1, 0.15) is 12.1 Å². The van der Waals surface area contributed by atoms with Gasteiger partial charge in [0.05, 0.1) is 17.6 Å². The Hall–Kier alpha value is -3.22. The van der Waals surface area contributed by atoms with Gasteiger partial charge >= 0.3 is 5.97 Å². The van der Waals surface area contributed by atoms with Crippen LogP contribution in [0.25, 0.3) is 11.1 Å². The zero-order chi connectivity index (χ0) is 18.8. The minimum Gasteiger partial charge on any atom is -0.478 e. The molecule has 1 aliphatic rings. The number of rotatable bonds is 4. The van der Waals surface area contributed by atoms with Crippen LogP contribution in [0.2, 0.25) is 0 Å². The summed E-state index contributed by atoms with van der Waals surface area (Å²) in [4.78, 5) is 29.8. The molecular formula is C20H21N5O2. The van der Waals surface area contributed by atoms with Crippen LogP contribution in [0, 0.1) is 6.92 Å². The molecule has 0 spiro atoms. The predicted octanol–water partition coefficient (Wildman–Crippen LogP) is 3.26. The molecule has 0 amide bonds. The fraction of sp³-hybridized carbons (Fsp3) is 0.300. The number of hydrogen-bond acceptors (Lipinski definition) is 5. The van der Waals surface area contributed by atoms with E-state index in [-0.39, 0.29) is 5.56 Å². The molecule has 27 heavy (non-hydrogen) atoms. The molecule has 0 unspecified atom stereocenters. The fourth-order valence-electron chi connectivity index (χ4n) is 3.74. The van der Waals surface area contributed by atoms with Crippen molar-refractivity contribution < 1.29 is 9.90 Å². The molecule has 0 bridgehead atoms. The van der Waals surface area contributed by atoms with Gasteiger partial charge in [0.15, 0.2) is 0 Å². The van der Waals surface area contributed by atoms with E-state index in [2.05, 4.69) is 31.8 Å². The third-order valence-electron chi connectivity index (χ3n) is 5.16. The van der Waals surface area contributed by atoms with Crippen molar-refractivity contribution in [2.24, 2.45) is 0 Å². The van der Waals surface area contributed by atoms with Gasteiger partial charge in [0, 0.05) is 36.5 Å². The van der Waals surface area contributed by atoms with E-state index in [9.17, 15) is 9.90 Å². The average Bonchev–Trinajstić information content (AvgIpc) is 3.14. The van der Waals surface area contributed by atoms with E-state index in [1.807, 2.05) is 6.07 Å². The largest absolute Gasteiger partial charge is 0.478 e. The van der Waals surface area contributed by atoms with Crippen molar-refractivity contribution in [1.29, 1.82) is 0 Å². The molecule has 7 heteroatoms. The molecule has 1 fully saturated rings. The summed E-state index contributed by atoms with van der Waals surface area (Å²) in [5.41, 5.74) is 4.23. The van der Waals surface area contributed by atoms with Crippen molar-refractivity contribution >= 4 is 11.8 Å². The fourth-order valence-corrected chi connectivity index (χ4v) is 3.74. The summed E-state index contributed by atoms with van der Waals surface area (Å²) in [6.45, 7) is 3.81. The number of H-pyrrole nitrogens is 1. The van der Waals surface area contributed by atoms with E-state index < -0.39 is 5.97 Å². The van der Waals surface area contributed by atoms with Crippen LogP contribution in [0.15, 0.2) is 43.1 Å². The number of carboxylic acids is 1. The van der Waals surface area contributed by atoms with E-state index in [1.54, 1.807) is 37.1 Å². The first-order chi connectivity index (χ1) is 13.1. The summed E-state index contributed by atoms with van der Waals surface area (Å²) >= 11 is 0. The molecule has 2 N–H and O–H groups in total. The molecule has 3 aromatic rings. The number of carboxylic acid groups (broad SMARTS) is 1. The van der Waals surface area contributed by atoms with Crippen LogP contribution < -0.4 is 4.90 Å². The lowest BCUT2D eigenvalue weighted by atomic mass is 9.92. The number of anilines is 1. The van der Waals surface area contributed by atoms with E-state index >= 15 is 0 Å². The number of aromatic carboxylic acids is 1. The monoisotopic (exact) mass is 363 g/mol. The van der Waals surface area contributed by atoms with Crippen LogP contribution in [0.1, 0.15) is 40.5 Å². The summed E-state index contributed by atoms with van der Waals surface area (Å²) < 4.78 is 0. The molecule has 7 nitrogen and oxygen atoms in total. The minimum atomic E-state index is -0.939. The second kappa shape index (κ2) is 7.19. The number of benzene rings is 1. The third-order valence-corrected chi connectivity index (χ3v) is 5.16. The smallest absolute Gasteiger partial charge is 0.335 e. The lowest BCUT2D eigenvalue weighted by Gasteiger charge is -2.33. The lowest BCUT2D eigenvalue weighted by Crippen LogP contribution is -2.34. The predicted molar refractivity (Wildman–Crippen MR) is 102 cm³/mol. The molecule has 1 aliphatic heterocycles. The van der Waals surface area contributed by atoms with Crippen molar-refractivity contribution in [2.45, 2.75) is 25.7 Å². The quantitative estimate of drug-likeness (QED) is 0.739. The topological polar surface area (TPSA) is 95.0 Å². The Balaban J connectivity index is 1.58. The molecule has 4 rings (SSSR count). The second-order valence-electron chi connectivity index (χ2n) is 6.82. The van der Waals surface area contributed by atoms with E-state index in [0.29, 0.717) is 5.92 Å². The normalized spacial score (nSPS) is 15.1. The number of nitrogens with one attached hydrogen (secondary N) is 1. The Labute approximate surface area is 157 Å². The Kier molecular flexibility index (Phi) is 4.58. The van der Waals surface area contributed by atoms with Gasteiger partial charge in [-0.05, 0) is 37.5 Å². The van der Waals surface area contributed by atoms with E-state index in [4.69, 9.17) is 0 Å². The van der Waals surface area contributed by atoms with E-state index in [0.717, 1.165) is 54.3 Å². The van der Waals surface area contributed by atoms with Crippen molar-refractivity contribution in [3.63, 3.8) is 0 Å². The molecule has 0 radical (unpaired) electrons. The Morgan fingerprint density at radius 1 is 1.26 bits per heavy atom. The number of piperidine rings is 1. The molecule has 138 valence electrons. The van der Waals surface area contributed by atoms with Crippen LogP contribution in [-0.2, 0) is 0 Å². The number of imidazole rings is 1. The van der Waals surface area contributed by atoms with E-state index in [1.165, 1.54) is 0 Å². The highest BCUT2D eigenvalue weighted by Gasteiger charge is 2.25. The summed E-state index contributed by atoms with van der Waals surface area (Å²) in [6, 6.07) is 6.91. The van der Waals surface area contributed by atoms with Gasteiger partial charge in [-0.1, -0.05) is 12.1 Å². The molecule has 1 saturated heterocycles. The first-order valence-corrected chi connectivity index (χ1v) is 9.02. The molecular weight excluding hydrogens is 342 g/mol. The van der Waals surface area contributed by atoms with Crippen LogP contribution >= 0.6 is 0 Å². The van der Waals surface area contributed by atoms with Crippen molar-refractivity contribution in [3.8, 4) is 11.1 Å². The summed E-state index contributed by atoms with van der Waals surface area (Å²) in [7, 11) is 0. The van der Waals surface area contributed by atoms with Gasteiger partial charge in [-0.3, -0.25) is 0 Å². The summed E-state index contributed by atoms with van der Waals surface area (Å²) in [6.07, 6.45) is 7.07. The Morgan fingerprint density at radius 2 is 2.07 bits per heavy atom. The van der Waals surface area contributed by atoms with Gasteiger partial charge in [0.25, 0.3) is 0 Å². The maximum atomic E-state index is 11.3. The van der Waals surface area contributed by atoms with Crippen molar-refractivity contribution in [3.05, 3.63) is 60.1 Å². The average molecular weight is 363 g/mol. The van der Waals surface area contributed by atoms with Crippen molar-refractivity contribution in [1.82, 2.24) is 19.9 Å². The van der Waals surface area contributed by atoms with Crippen LogP contribution in [0.5, 0.6) is 0 Å². The second-order valence-corrected chi connectivity index (χ2v) is 6.82. The first-order valence-electron chi connectivity index (χ1n) is 9.02. The number of aromatic nitrogens is 4. The SMILES string of the molecule is Cc1[nH]cnc1C1CCN(c2ncncc2-c2cccc(C(=O)O)c2)CC1. The van der Waals surface area contributed by atoms with Gasteiger partial charge in [-0.15, -0.1) is 0 Å². The molecule has 1 aromatic carbocycles. The number of hydrogen-bond donors (Lipinski definition) is 2. The molecule has 0 aliphatic carbocycles. The maximum absolute atomic E-state index is 11.3. The zero-order valence-corrected chi connectivity index (χ0v) is 15.1. The van der Waals surface area contributed by atoms with Crippen LogP contribution in [0.3, 0.4) is 0 Å². The molecule has 3 heterocycles. The summed E-state index contributed by atoms with van der Waals surface area (Å²) in [5, 5.41) is 9.27. The number of nitrogens with zero attached hydrogens (tertiary/aromatic N) is 4. The van der Waals surface area contributed by atoms with Gasteiger partial charge in [0.2, 0.25) is 0 Å². The first kappa shape index (κ1) is 17.2. The van der Waals surface area contributed by atoms with Gasteiger partial charge in [-0.25, -0.2) is 19.7 Å². The highest BCUT2D eigenvalue weighted by molar-refractivity contribution is 5.90. The lowest BCUT2D eigenvalue weighted by molar-refractivity contribution is 0.0697. The minimum absolute atomic E-state index is 0.259. The highest BCUT2D eigenvalue weighted by atomic mass is 16.4. The summed E-state index contributed by atoms with van der Waals surface area (Å²) in [5.74, 6) is 0.364. The van der Waals surface area contributed by atoms with Crippen molar-refractivity contribution in [2.75, 3.05) is 18.0 Å². The molecule has 0 saturated carbocycles. The Morgan fingerprint density at radius 3 is 2.78 bits per heavy atom. The Bertz CT molecular complexity index is 960. The highest BCUT2D eigenvalue weighted by Crippen LogP contribution is 2.34. The number of carbonyl (C=O) groups is 1. The van der Waals surface area contributed by atoms with Gasteiger partial charge in [-0.2, -0.15) is 0 Å². The number of aromatic amines is 1. The molecule has 2 aromatic heterocycles. The zero-order valence-electron chi connectivity index (χ0n) is 15.1. The number of aryl methyl sites for hydroxylation is 1. The third kappa shape index (κ3) is 3.40. The maximum Gasteiger partial charge on any atom is 0.335 e. The molecule has 0 atom stereocenters.